The molecule has 2 aromatic carbocycles. The fourth-order valence-electron chi connectivity index (χ4n) is 5.08. The summed E-state index contributed by atoms with van der Waals surface area (Å²) in [5.74, 6) is -0.794. The topological polar surface area (TPSA) is 168 Å². The monoisotopic (exact) mass is 587 g/mol. The second kappa shape index (κ2) is 11.1. The molecule has 1 aliphatic heterocycles. The minimum Gasteiger partial charge on any atom is -0.384 e. The number of hydrogen-bond donors (Lipinski definition) is 2. The number of anilines is 2. The molecule has 0 saturated heterocycles. The van der Waals surface area contributed by atoms with Gasteiger partial charge in [0, 0.05) is 35.5 Å². The number of amides is 1. The maximum Gasteiger partial charge on any atom is 0.271 e. The van der Waals surface area contributed by atoms with Crippen LogP contribution in [0.2, 0.25) is 0 Å². The first-order valence-electron chi connectivity index (χ1n) is 12.6. The number of carbonyl (C=O) groups is 2. The molecule has 0 radical (unpaired) electrons. The number of nitrogens with one attached hydrogen (secondary N) is 1. The molecule has 0 saturated carbocycles. The van der Waals surface area contributed by atoms with Crippen LogP contribution in [-0.2, 0) is 9.59 Å². The van der Waals surface area contributed by atoms with Gasteiger partial charge in [-0.05, 0) is 23.5 Å². The predicted molar refractivity (Wildman–Crippen MR) is 156 cm³/mol. The van der Waals surface area contributed by atoms with Gasteiger partial charge < -0.3 is 11.1 Å². The van der Waals surface area contributed by atoms with Crippen LogP contribution >= 0.6 is 23.1 Å². The van der Waals surface area contributed by atoms with Crippen LogP contribution in [0.1, 0.15) is 38.2 Å². The van der Waals surface area contributed by atoms with Crippen LogP contribution in [0.25, 0.3) is 0 Å². The Morgan fingerprint density at radius 3 is 2.71 bits per heavy atom. The molecule has 1 unspecified atom stereocenters. The molecular weight excluding hydrogens is 562 g/mol. The first-order chi connectivity index (χ1) is 19.6. The number of aromatic nitrogens is 2. The third kappa shape index (κ3) is 5.70. The van der Waals surface area contributed by atoms with Gasteiger partial charge in [-0.3, -0.25) is 24.6 Å². The van der Waals surface area contributed by atoms with Crippen LogP contribution in [0, 0.1) is 26.9 Å². The zero-order chi connectivity index (χ0) is 29.3. The highest BCUT2D eigenvalue weighted by Crippen LogP contribution is 2.50. The van der Waals surface area contributed by atoms with E-state index in [0.29, 0.717) is 39.3 Å². The Labute approximate surface area is 243 Å². The van der Waals surface area contributed by atoms with E-state index in [-0.39, 0.29) is 39.9 Å². The van der Waals surface area contributed by atoms with E-state index in [0.717, 1.165) is 17.3 Å². The lowest BCUT2D eigenvalue weighted by atomic mass is 9.69. The van der Waals surface area contributed by atoms with Gasteiger partial charge in [0.1, 0.15) is 5.82 Å². The highest BCUT2D eigenvalue weighted by Gasteiger charge is 2.45. The first-order valence-corrected chi connectivity index (χ1v) is 14.4. The lowest BCUT2D eigenvalue weighted by molar-refractivity contribution is -0.384. The van der Waals surface area contributed by atoms with Gasteiger partial charge in [-0.25, -0.2) is 0 Å². The van der Waals surface area contributed by atoms with E-state index in [9.17, 15) is 25.0 Å². The fraction of sp³-hybridized carbons (Fsp3) is 0.250. The number of thioether (sulfide) groups is 1. The fourth-order valence-corrected chi connectivity index (χ4v) is 6.76. The van der Waals surface area contributed by atoms with E-state index >= 15 is 0 Å². The molecule has 208 valence electrons. The molecule has 0 fully saturated rings. The summed E-state index contributed by atoms with van der Waals surface area (Å²) in [6.07, 6.45) is 0.892. The third-order valence-electron chi connectivity index (χ3n) is 6.77. The summed E-state index contributed by atoms with van der Waals surface area (Å²) >= 11 is 2.34. The summed E-state index contributed by atoms with van der Waals surface area (Å²) in [7, 11) is 0. The summed E-state index contributed by atoms with van der Waals surface area (Å²) in [4.78, 5) is 38.2. The van der Waals surface area contributed by atoms with Gasteiger partial charge >= 0.3 is 0 Å². The second-order valence-corrected chi connectivity index (χ2v) is 12.6. The van der Waals surface area contributed by atoms with Crippen LogP contribution < -0.4 is 16.0 Å². The number of carbonyl (C=O) groups excluding carboxylic acids is 2. The van der Waals surface area contributed by atoms with Crippen molar-refractivity contribution in [1.29, 1.82) is 5.26 Å². The summed E-state index contributed by atoms with van der Waals surface area (Å²) < 4.78 is 0.481. The molecule has 41 heavy (non-hydrogen) atoms. The molecular formula is C28H25N7O4S2. The quantitative estimate of drug-likeness (QED) is 0.215. The molecule has 0 spiro atoms. The largest absolute Gasteiger partial charge is 0.384 e. The van der Waals surface area contributed by atoms with Crippen LogP contribution in [-0.4, -0.2) is 32.6 Å². The number of benzene rings is 2. The molecule has 2 heterocycles. The molecule has 1 aliphatic carbocycles. The number of allylic oxidation sites excluding steroid dienone is 3. The number of Topliss-reactive ketones (excluding diaryl/α,β-unsaturated/α-hetero) is 1. The van der Waals surface area contributed by atoms with Gasteiger partial charge in [0.2, 0.25) is 11.0 Å². The van der Waals surface area contributed by atoms with E-state index in [1.165, 1.54) is 29.5 Å². The van der Waals surface area contributed by atoms with Crippen molar-refractivity contribution >= 4 is 51.3 Å². The Morgan fingerprint density at radius 1 is 1.24 bits per heavy atom. The molecule has 2 aliphatic rings. The molecule has 3 N–H and O–H groups in total. The smallest absolute Gasteiger partial charge is 0.271 e. The van der Waals surface area contributed by atoms with Gasteiger partial charge in [0.15, 0.2) is 10.1 Å². The van der Waals surface area contributed by atoms with Gasteiger partial charge in [-0.2, -0.15) is 5.26 Å². The van der Waals surface area contributed by atoms with Crippen molar-refractivity contribution in [1.82, 2.24) is 10.2 Å². The van der Waals surface area contributed by atoms with Gasteiger partial charge in [0.25, 0.3) is 5.69 Å². The Bertz CT molecular complexity index is 1660. The number of nitro benzene ring substituents is 1. The average molecular weight is 588 g/mol. The number of nitriles is 1. The second-order valence-electron chi connectivity index (χ2n) is 10.4. The van der Waals surface area contributed by atoms with E-state index < -0.39 is 10.8 Å². The Morgan fingerprint density at radius 2 is 2.00 bits per heavy atom. The summed E-state index contributed by atoms with van der Waals surface area (Å²) in [6.45, 7) is 4.04. The molecule has 13 heteroatoms. The van der Waals surface area contributed by atoms with Crippen molar-refractivity contribution in [3.63, 3.8) is 0 Å². The average Bonchev–Trinajstić information content (AvgIpc) is 3.39. The number of nitrogens with two attached hydrogens (primary N) is 1. The van der Waals surface area contributed by atoms with Gasteiger partial charge in [-0.15, -0.1) is 10.2 Å². The Kier molecular flexibility index (Phi) is 7.61. The number of hydrogen-bond acceptors (Lipinski definition) is 11. The summed E-state index contributed by atoms with van der Waals surface area (Å²) in [6, 6.07) is 17.3. The normalized spacial score (nSPS) is 18.1. The molecule has 1 amide bonds. The maximum atomic E-state index is 13.6. The van der Waals surface area contributed by atoms with Crippen molar-refractivity contribution in [3.8, 4) is 6.07 Å². The number of nitro groups is 1. The Hall–Kier alpha value is -4.54. The van der Waals surface area contributed by atoms with Gasteiger partial charge in [0.05, 0.1) is 28.2 Å². The Balaban J connectivity index is 1.42. The molecule has 0 bridgehead atoms. The van der Waals surface area contributed by atoms with Crippen LogP contribution in [0.5, 0.6) is 0 Å². The van der Waals surface area contributed by atoms with E-state index in [2.05, 4.69) is 21.6 Å². The number of ketones is 1. The van der Waals surface area contributed by atoms with Crippen molar-refractivity contribution in [3.05, 3.63) is 92.9 Å². The van der Waals surface area contributed by atoms with Crippen molar-refractivity contribution in [2.24, 2.45) is 11.1 Å². The first kappa shape index (κ1) is 28.0. The number of rotatable bonds is 7. The lowest BCUT2D eigenvalue weighted by Gasteiger charge is -2.42. The van der Waals surface area contributed by atoms with E-state index in [1.54, 1.807) is 11.0 Å². The van der Waals surface area contributed by atoms with Crippen LogP contribution in [0.4, 0.5) is 16.5 Å². The SMILES string of the molecule is CC1(C)CC(=O)C2=C(C1)N(c1nnc(SCC(=O)Nc3cccc([N+](=O)[O-])c3)s1)C(N)=C(C#N)C2c1ccccc1. The molecule has 1 atom stereocenters. The standard InChI is InChI=1S/C28H25N7O4S2/c1-28(2)12-20-24(21(36)13-28)23(16-7-4-3-5-8-16)19(14-29)25(30)34(20)26-32-33-27(41-26)40-15-22(37)31-17-9-6-10-18(11-17)35(38)39/h3-11,23H,12-13,15,30H2,1-2H3,(H,31,37). The maximum absolute atomic E-state index is 13.6. The predicted octanol–water partition coefficient (Wildman–Crippen LogP) is 5.12. The van der Waals surface area contributed by atoms with Crippen molar-refractivity contribution < 1.29 is 14.5 Å². The molecule has 5 rings (SSSR count). The van der Waals surface area contributed by atoms with Crippen LogP contribution in [0.3, 0.4) is 0 Å². The molecule has 11 nitrogen and oxygen atoms in total. The number of non-ortho nitro benzene ring substituents is 1. The molecule has 3 aromatic rings. The highest BCUT2D eigenvalue weighted by molar-refractivity contribution is 8.01. The third-order valence-corrected chi connectivity index (χ3v) is 8.81. The minimum atomic E-state index is -0.574. The summed E-state index contributed by atoms with van der Waals surface area (Å²) in [5, 5.41) is 32.7. The van der Waals surface area contributed by atoms with Gasteiger partial charge in [-0.1, -0.05) is 73.3 Å². The molecule has 1 aromatic heterocycles. The van der Waals surface area contributed by atoms with Crippen LogP contribution in [0.15, 0.2) is 81.6 Å². The highest BCUT2D eigenvalue weighted by atomic mass is 32.2. The van der Waals surface area contributed by atoms with E-state index in [4.69, 9.17) is 5.73 Å². The number of nitrogens with zero attached hydrogens (tertiary/aromatic N) is 5. The zero-order valence-corrected chi connectivity index (χ0v) is 23.8. The van der Waals surface area contributed by atoms with Crippen molar-refractivity contribution in [2.45, 2.75) is 36.9 Å². The minimum absolute atomic E-state index is 0.0123. The van der Waals surface area contributed by atoms with E-state index in [1.807, 2.05) is 44.2 Å². The van der Waals surface area contributed by atoms with Crippen molar-refractivity contribution in [2.75, 3.05) is 16.0 Å². The lowest BCUT2D eigenvalue weighted by Crippen LogP contribution is -2.42. The zero-order valence-electron chi connectivity index (χ0n) is 22.2. The summed E-state index contributed by atoms with van der Waals surface area (Å²) in [5.41, 5.74) is 8.83.